The van der Waals surface area contributed by atoms with Crippen molar-refractivity contribution in [3.05, 3.63) is 48.3 Å². The summed E-state index contributed by atoms with van der Waals surface area (Å²) < 4.78 is 23.9. The maximum absolute atomic E-state index is 13.6. The maximum atomic E-state index is 13.6. The minimum absolute atomic E-state index is 0.317. The van der Waals surface area contributed by atoms with Gasteiger partial charge in [-0.05, 0) is 29.8 Å². The van der Waals surface area contributed by atoms with Gasteiger partial charge in [0.15, 0.2) is 0 Å². The van der Waals surface area contributed by atoms with E-state index in [2.05, 4.69) is 6.07 Å². The predicted octanol–water partition coefficient (Wildman–Crippen LogP) is 3.31. The summed E-state index contributed by atoms with van der Waals surface area (Å²) in [5.74, 6) is 0.945. The van der Waals surface area contributed by atoms with E-state index in [4.69, 9.17) is 9.47 Å². The Bertz CT molecular complexity index is 501. The van der Waals surface area contributed by atoms with E-state index in [1.807, 2.05) is 0 Å². The molecule has 3 heteroatoms. The van der Waals surface area contributed by atoms with E-state index < -0.39 is 0 Å². The Morgan fingerprint density at radius 2 is 1.71 bits per heavy atom. The zero-order valence-electron chi connectivity index (χ0n) is 9.66. The van der Waals surface area contributed by atoms with Gasteiger partial charge in [-0.15, -0.1) is 0 Å². The molecular formula is C14H12FO2. The largest absolute Gasteiger partial charge is 0.497 e. The van der Waals surface area contributed by atoms with E-state index in [9.17, 15) is 4.39 Å². The standard InChI is InChI=1S/C14H12FO2/c1-16-11-7-10(8-12(9-11)17-2)13-5-3-4-6-14(13)15/h3,5-9H,1-2H3. The first-order valence-corrected chi connectivity index (χ1v) is 5.13. The van der Waals surface area contributed by atoms with Crippen LogP contribution in [0.1, 0.15) is 0 Å². The van der Waals surface area contributed by atoms with Crippen molar-refractivity contribution in [1.29, 1.82) is 0 Å². The molecule has 2 nitrogen and oxygen atoms in total. The van der Waals surface area contributed by atoms with Gasteiger partial charge in [0.25, 0.3) is 0 Å². The molecule has 0 aromatic heterocycles. The van der Waals surface area contributed by atoms with Crippen molar-refractivity contribution in [2.45, 2.75) is 0 Å². The molecule has 0 aliphatic carbocycles. The van der Waals surface area contributed by atoms with Gasteiger partial charge in [0.2, 0.25) is 0 Å². The molecule has 2 rings (SSSR count). The molecule has 0 heterocycles. The molecule has 0 aliphatic rings. The number of methoxy groups -OCH3 is 2. The normalized spacial score (nSPS) is 10.1. The second-order valence-electron chi connectivity index (χ2n) is 3.51. The van der Waals surface area contributed by atoms with Crippen molar-refractivity contribution in [1.82, 2.24) is 0 Å². The van der Waals surface area contributed by atoms with Gasteiger partial charge in [-0.3, -0.25) is 0 Å². The fraction of sp³-hybridized carbons (Fsp3) is 0.143. The molecule has 0 bridgehead atoms. The van der Waals surface area contributed by atoms with Crippen molar-refractivity contribution in [2.24, 2.45) is 0 Å². The van der Waals surface area contributed by atoms with E-state index >= 15 is 0 Å². The second-order valence-corrected chi connectivity index (χ2v) is 3.51. The first-order chi connectivity index (χ1) is 8.24. The number of rotatable bonds is 3. The monoisotopic (exact) mass is 231 g/mol. The van der Waals surface area contributed by atoms with Gasteiger partial charge >= 0.3 is 0 Å². The van der Waals surface area contributed by atoms with Crippen LogP contribution in [0.15, 0.2) is 36.4 Å². The molecule has 0 spiro atoms. The van der Waals surface area contributed by atoms with Gasteiger partial charge in [0.1, 0.15) is 17.3 Å². The van der Waals surface area contributed by atoms with Gasteiger partial charge in [0, 0.05) is 11.6 Å². The quantitative estimate of drug-likeness (QED) is 0.806. The second kappa shape index (κ2) is 4.87. The number of ether oxygens (including phenoxy) is 2. The van der Waals surface area contributed by atoms with Gasteiger partial charge in [0.05, 0.1) is 14.2 Å². The Balaban J connectivity index is 2.55. The zero-order chi connectivity index (χ0) is 12.3. The smallest absolute Gasteiger partial charge is 0.131 e. The van der Waals surface area contributed by atoms with Crippen LogP contribution in [-0.4, -0.2) is 14.2 Å². The average molecular weight is 231 g/mol. The van der Waals surface area contributed by atoms with Gasteiger partial charge in [-0.1, -0.05) is 12.1 Å². The summed E-state index contributed by atoms with van der Waals surface area (Å²) in [7, 11) is 3.13. The lowest BCUT2D eigenvalue weighted by atomic mass is 10.0. The summed E-state index contributed by atoms with van der Waals surface area (Å²) in [5, 5.41) is 0. The Morgan fingerprint density at radius 3 is 2.24 bits per heavy atom. The molecule has 0 N–H and O–H groups in total. The highest BCUT2D eigenvalue weighted by atomic mass is 19.1. The van der Waals surface area contributed by atoms with Crippen molar-refractivity contribution in [3.8, 4) is 22.6 Å². The molecule has 0 amide bonds. The highest BCUT2D eigenvalue weighted by Crippen LogP contribution is 2.30. The zero-order valence-corrected chi connectivity index (χ0v) is 9.66. The Labute approximate surface area is 99.6 Å². The van der Waals surface area contributed by atoms with Crippen LogP contribution in [0.25, 0.3) is 11.1 Å². The first kappa shape index (κ1) is 11.5. The van der Waals surface area contributed by atoms with E-state index in [0.29, 0.717) is 22.6 Å². The molecule has 2 aromatic rings. The number of benzene rings is 2. The van der Waals surface area contributed by atoms with Crippen LogP contribution in [-0.2, 0) is 0 Å². The van der Waals surface area contributed by atoms with Crippen LogP contribution < -0.4 is 9.47 Å². The van der Waals surface area contributed by atoms with E-state index in [0.717, 1.165) is 0 Å². The molecule has 1 radical (unpaired) electrons. The topological polar surface area (TPSA) is 18.5 Å². The summed E-state index contributed by atoms with van der Waals surface area (Å²) in [6, 6.07) is 12.6. The van der Waals surface area contributed by atoms with E-state index in [-0.39, 0.29) is 5.82 Å². The molecular weight excluding hydrogens is 219 g/mol. The van der Waals surface area contributed by atoms with Gasteiger partial charge in [-0.2, -0.15) is 0 Å². The summed E-state index contributed by atoms with van der Waals surface area (Å²) in [4.78, 5) is 0. The fourth-order valence-electron chi connectivity index (χ4n) is 1.61. The van der Waals surface area contributed by atoms with Gasteiger partial charge in [-0.25, -0.2) is 4.39 Å². The first-order valence-electron chi connectivity index (χ1n) is 5.13. The fourth-order valence-corrected chi connectivity index (χ4v) is 1.61. The molecule has 0 unspecified atom stereocenters. The van der Waals surface area contributed by atoms with Gasteiger partial charge < -0.3 is 9.47 Å². The summed E-state index contributed by atoms with van der Waals surface area (Å²) >= 11 is 0. The van der Waals surface area contributed by atoms with Crippen molar-refractivity contribution >= 4 is 0 Å². The Morgan fingerprint density at radius 1 is 1.06 bits per heavy atom. The molecule has 0 aliphatic heterocycles. The number of hydrogen-bond donors (Lipinski definition) is 0. The molecule has 0 fully saturated rings. The summed E-state index contributed by atoms with van der Waals surface area (Å²) in [5.41, 5.74) is 1.22. The Kier molecular flexibility index (Phi) is 3.28. The molecule has 0 saturated carbocycles. The Hall–Kier alpha value is -2.03. The van der Waals surface area contributed by atoms with Crippen molar-refractivity contribution in [3.63, 3.8) is 0 Å². The molecule has 87 valence electrons. The SMILES string of the molecule is COc1cc(OC)cc(-c2cc[c]cc2F)c1. The summed E-state index contributed by atoms with van der Waals surface area (Å²) in [6.07, 6.45) is 0. The summed E-state index contributed by atoms with van der Waals surface area (Å²) in [6.45, 7) is 0. The number of hydrogen-bond acceptors (Lipinski definition) is 2. The van der Waals surface area contributed by atoms with Crippen LogP contribution in [0, 0.1) is 11.9 Å². The minimum Gasteiger partial charge on any atom is -0.497 e. The molecule has 17 heavy (non-hydrogen) atoms. The molecule has 2 aromatic carbocycles. The van der Waals surface area contributed by atoms with Crippen LogP contribution in [0.5, 0.6) is 11.5 Å². The lowest BCUT2D eigenvalue weighted by Gasteiger charge is -2.09. The molecule has 0 atom stereocenters. The van der Waals surface area contributed by atoms with Crippen molar-refractivity contribution in [2.75, 3.05) is 14.2 Å². The third-order valence-corrected chi connectivity index (χ3v) is 2.48. The van der Waals surface area contributed by atoms with Crippen LogP contribution >= 0.6 is 0 Å². The third-order valence-electron chi connectivity index (χ3n) is 2.48. The number of halogens is 1. The van der Waals surface area contributed by atoms with Crippen LogP contribution in [0.2, 0.25) is 0 Å². The predicted molar refractivity (Wildman–Crippen MR) is 63.8 cm³/mol. The lowest BCUT2D eigenvalue weighted by molar-refractivity contribution is 0.394. The average Bonchev–Trinajstić information content (AvgIpc) is 2.38. The minimum atomic E-state index is -0.317. The third kappa shape index (κ3) is 2.38. The van der Waals surface area contributed by atoms with E-state index in [1.165, 1.54) is 6.07 Å². The van der Waals surface area contributed by atoms with Crippen LogP contribution in [0.3, 0.4) is 0 Å². The van der Waals surface area contributed by atoms with Crippen molar-refractivity contribution < 1.29 is 13.9 Å². The maximum Gasteiger partial charge on any atom is 0.131 e. The lowest BCUT2D eigenvalue weighted by Crippen LogP contribution is -1.90. The highest BCUT2D eigenvalue weighted by Gasteiger charge is 2.07. The highest BCUT2D eigenvalue weighted by molar-refractivity contribution is 5.67. The van der Waals surface area contributed by atoms with Crippen LogP contribution in [0.4, 0.5) is 4.39 Å². The van der Waals surface area contributed by atoms with E-state index in [1.54, 1.807) is 44.6 Å². The molecule has 0 saturated heterocycles.